The molecule has 1 heterocycles. The lowest BCUT2D eigenvalue weighted by Crippen LogP contribution is -2.10. The van der Waals surface area contributed by atoms with E-state index in [-0.39, 0.29) is 12.0 Å². The number of anilines is 1. The Morgan fingerprint density at radius 2 is 2.05 bits per heavy atom. The Morgan fingerprint density at radius 3 is 2.63 bits per heavy atom. The second-order valence-electron chi connectivity index (χ2n) is 4.93. The largest absolute Gasteiger partial charge is 0.399 e. The van der Waals surface area contributed by atoms with E-state index in [1.54, 1.807) is 7.11 Å². The number of aromatic nitrogens is 2. The highest BCUT2D eigenvalue weighted by Gasteiger charge is 2.22. The molecule has 0 radical (unpaired) electrons. The molecular formula is C14H19N3O2. The molecule has 1 atom stereocenters. The van der Waals surface area contributed by atoms with Gasteiger partial charge < -0.3 is 15.0 Å². The van der Waals surface area contributed by atoms with Crippen molar-refractivity contribution in [3.8, 4) is 11.5 Å². The third-order valence-corrected chi connectivity index (χ3v) is 3.04. The van der Waals surface area contributed by atoms with Crippen molar-refractivity contribution < 1.29 is 9.26 Å². The average Bonchev–Trinajstić information content (AvgIpc) is 2.78. The van der Waals surface area contributed by atoms with Crippen LogP contribution in [0.3, 0.4) is 0 Å². The van der Waals surface area contributed by atoms with Gasteiger partial charge >= 0.3 is 0 Å². The minimum absolute atomic E-state index is 0.161. The summed E-state index contributed by atoms with van der Waals surface area (Å²) in [5.74, 6) is 1.35. The van der Waals surface area contributed by atoms with Gasteiger partial charge in [-0.2, -0.15) is 4.98 Å². The summed E-state index contributed by atoms with van der Waals surface area (Å²) in [6.07, 6.45) is -0.161. The predicted molar refractivity (Wildman–Crippen MR) is 73.5 cm³/mol. The number of rotatable bonds is 4. The number of nitrogens with zero attached hydrogens (tertiary/aromatic N) is 2. The smallest absolute Gasteiger partial charge is 0.258 e. The van der Waals surface area contributed by atoms with Crippen molar-refractivity contribution in [3.05, 3.63) is 29.6 Å². The van der Waals surface area contributed by atoms with Gasteiger partial charge in [-0.3, -0.25) is 0 Å². The molecule has 0 aliphatic heterocycles. The average molecular weight is 261 g/mol. The van der Waals surface area contributed by atoms with Crippen LogP contribution in [0.1, 0.15) is 31.3 Å². The quantitative estimate of drug-likeness (QED) is 0.856. The zero-order valence-electron chi connectivity index (χ0n) is 11.7. The fourth-order valence-corrected chi connectivity index (χ4v) is 2.06. The van der Waals surface area contributed by atoms with Crippen LogP contribution in [0.25, 0.3) is 11.5 Å². The monoisotopic (exact) mass is 261 g/mol. The van der Waals surface area contributed by atoms with Crippen molar-refractivity contribution in [2.24, 2.45) is 5.92 Å². The Labute approximate surface area is 112 Å². The molecule has 0 amide bonds. The Balaban J connectivity index is 2.35. The van der Waals surface area contributed by atoms with Crippen molar-refractivity contribution in [3.63, 3.8) is 0 Å². The van der Waals surface area contributed by atoms with Crippen LogP contribution >= 0.6 is 0 Å². The minimum atomic E-state index is -0.161. The molecule has 2 N–H and O–H groups in total. The maximum absolute atomic E-state index is 5.73. The number of nitrogen functional groups attached to an aromatic ring is 1. The van der Waals surface area contributed by atoms with Gasteiger partial charge in [0.15, 0.2) is 0 Å². The Hall–Kier alpha value is -1.88. The van der Waals surface area contributed by atoms with Gasteiger partial charge in [-0.25, -0.2) is 0 Å². The van der Waals surface area contributed by atoms with Crippen molar-refractivity contribution in [1.82, 2.24) is 10.1 Å². The van der Waals surface area contributed by atoms with Gasteiger partial charge in [-0.05, 0) is 36.6 Å². The molecule has 0 bridgehead atoms. The first-order valence-electron chi connectivity index (χ1n) is 6.25. The van der Waals surface area contributed by atoms with Crippen LogP contribution in [0.5, 0.6) is 0 Å². The summed E-state index contributed by atoms with van der Waals surface area (Å²) in [4.78, 5) is 4.42. The third kappa shape index (κ3) is 2.76. The van der Waals surface area contributed by atoms with Crippen LogP contribution in [-0.2, 0) is 4.74 Å². The first kappa shape index (κ1) is 13.5. The first-order chi connectivity index (χ1) is 9.02. The number of hydrogen-bond acceptors (Lipinski definition) is 5. The molecule has 2 rings (SSSR count). The molecule has 19 heavy (non-hydrogen) atoms. The van der Waals surface area contributed by atoms with Crippen LogP contribution in [0.15, 0.2) is 22.7 Å². The van der Waals surface area contributed by atoms with E-state index in [2.05, 4.69) is 24.0 Å². The highest BCUT2D eigenvalue weighted by Crippen LogP contribution is 2.27. The summed E-state index contributed by atoms with van der Waals surface area (Å²) >= 11 is 0. The molecule has 0 saturated carbocycles. The van der Waals surface area contributed by atoms with E-state index in [0.717, 1.165) is 16.8 Å². The zero-order chi connectivity index (χ0) is 14.0. The molecule has 1 aromatic carbocycles. The maximum Gasteiger partial charge on any atom is 0.258 e. The molecule has 1 aromatic heterocycles. The van der Waals surface area contributed by atoms with E-state index in [4.69, 9.17) is 15.0 Å². The molecule has 0 spiro atoms. The van der Waals surface area contributed by atoms with E-state index < -0.39 is 0 Å². The first-order valence-corrected chi connectivity index (χ1v) is 6.25. The highest BCUT2D eigenvalue weighted by atomic mass is 16.5. The summed E-state index contributed by atoms with van der Waals surface area (Å²) in [6.45, 7) is 6.07. The standard InChI is InChI=1S/C14H19N3O2/c1-8(2)12(18-4)13-16-14(19-17-13)11-6-5-10(15)7-9(11)3/h5-8,12H,15H2,1-4H3. The lowest BCUT2D eigenvalue weighted by atomic mass is 10.1. The summed E-state index contributed by atoms with van der Waals surface area (Å²) in [5.41, 5.74) is 8.36. The molecule has 0 fully saturated rings. The Bertz CT molecular complexity index is 564. The highest BCUT2D eigenvalue weighted by molar-refractivity contribution is 5.62. The number of hydrogen-bond donors (Lipinski definition) is 1. The summed E-state index contributed by atoms with van der Waals surface area (Å²) in [5, 5.41) is 4.01. The molecular weight excluding hydrogens is 242 g/mol. The van der Waals surface area contributed by atoms with Crippen molar-refractivity contribution >= 4 is 5.69 Å². The van der Waals surface area contributed by atoms with Gasteiger partial charge in [0.2, 0.25) is 5.82 Å². The lowest BCUT2D eigenvalue weighted by Gasteiger charge is -2.14. The molecule has 1 unspecified atom stereocenters. The van der Waals surface area contributed by atoms with Gasteiger partial charge in [0, 0.05) is 18.4 Å². The normalized spacial score (nSPS) is 12.9. The lowest BCUT2D eigenvalue weighted by molar-refractivity contribution is 0.0556. The number of aryl methyl sites for hydroxylation is 1. The van der Waals surface area contributed by atoms with Crippen molar-refractivity contribution in [2.75, 3.05) is 12.8 Å². The fraction of sp³-hybridized carbons (Fsp3) is 0.429. The van der Waals surface area contributed by atoms with E-state index >= 15 is 0 Å². The number of methoxy groups -OCH3 is 1. The molecule has 2 aromatic rings. The fourth-order valence-electron chi connectivity index (χ4n) is 2.06. The van der Waals surface area contributed by atoms with Crippen LogP contribution in [0.2, 0.25) is 0 Å². The number of nitrogens with two attached hydrogens (primary N) is 1. The van der Waals surface area contributed by atoms with Crippen molar-refractivity contribution in [1.29, 1.82) is 0 Å². The van der Waals surface area contributed by atoms with Gasteiger partial charge in [0.25, 0.3) is 5.89 Å². The SMILES string of the molecule is COC(c1noc(-c2ccc(N)cc2C)n1)C(C)C. The summed E-state index contributed by atoms with van der Waals surface area (Å²) in [7, 11) is 1.65. The number of benzene rings is 1. The van der Waals surface area contributed by atoms with E-state index in [0.29, 0.717) is 11.7 Å². The van der Waals surface area contributed by atoms with Crippen LogP contribution in [-0.4, -0.2) is 17.3 Å². The second kappa shape index (κ2) is 5.40. The second-order valence-corrected chi connectivity index (χ2v) is 4.93. The summed E-state index contributed by atoms with van der Waals surface area (Å²) in [6, 6.07) is 5.59. The third-order valence-electron chi connectivity index (χ3n) is 3.04. The molecule has 102 valence electrons. The Morgan fingerprint density at radius 1 is 1.32 bits per heavy atom. The predicted octanol–water partition coefficient (Wildman–Crippen LogP) is 2.97. The van der Waals surface area contributed by atoms with Gasteiger partial charge in [0.1, 0.15) is 6.10 Å². The van der Waals surface area contributed by atoms with E-state index in [9.17, 15) is 0 Å². The molecule has 5 nitrogen and oxygen atoms in total. The molecule has 0 aliphatic rings. The van der Waals surface area contributed by atoms with Crippen LogP contribution < -0.4 is 5.73 Å². The minimum Gasteiger partial charge on any atom is -0.399 e. The molecule has 0 aliphatic carbocycles. The zero-order valence-corrected chi connectivity index (χ0v) is 11.7. The van der Waals surface area contributed by atoms with Gasteiger partial charge in [-0.1, -0.05) is 19.0 Å². The van der Waals surface area contributed by atoms with Crippen molar-refractivity contribution in [2.45, 2.75) is 26.9 Å². The topological polar surface area (TPSA) is 74.2 Å². The van der Waals surface area contributed by atoms with Crippen LogP contribution in [0, 0.1) is 12.8 Å². The van der Waals surface area contributed by atoms with Gasteiger partial charge in [-0.15, -0.1) is 0 Å². The molecule has 0 saturated heterocycles. The Kier molecular flexibility index (Phi) is 3.85. The maximum atomic E-state index is 5.73. The van der Waals surface area contributed by atoms with Gasteiger partial charge in [0.05, 0.1) is 0 Å². The van der Waals surface area contributed by atoms with E-state index in [1.807, 2.05) is 25.1 Å². The van der Waals surface area contributed by atoms with E-state index in [1.165, 1.54) is 0 Å². The summed E-state index contributed by atoms with van der Waals surface area (Å²) < 4.78 is 10.7. The molecule has 5 heteroatoms. The van der Waals surface area contributed by atoms with Crippen LogP contribution in [0.4, 0.5) is 5.69 Å². The number of ether oxygens (including phenoxy) is 1.